The van der Waals surface area contributed by atoms with E-state index in [1.807, 2.05) is 37.3 Å². The van der Waals surface area contributed by atoms with Crippen LogP contribution in [0.4, 0.5) is 4.79 Å². The zero-order chi connectivity index (χ0) is 17.9. The van der Waals surface area contributed by atoms with Crippen molar-refractivity contribution in [2.45, 2.75) is 13.3 Å². The molecule has 0 saturated carbocycles. The van der Waals surface area contributed by atoms with Crippen LogP contribution in [-0.2, 0) is 4.79 Å². The first kappa shape index (κ1) is 19.2. The number of carbonyl (C=O) groups is 2. The SMILES string of the molecule is CCCNC(=O)NC(=O)CN1CCN(CCOc2ccccc2)CC1. The number of urea groups is 1. The van der Waals surface area contributed by atoms with Crippen molar-refractivity contribution in [2.24, 2.45) is 0 Å². The minimum Gasteiger partial charge on any atom is -0.492 e. The van der Waals surface area contributed by atoms with Crippen LogP contribution in [0.5, 0.6) is 5.75 Å². The molecule has 1 aliphatic rings. The Kier molecular flexibility index (Phi) is 8.21. The van der Waals surface area contributed by atoms with Gasteiger partial charge < -0.3 is 10.1 Å². The maximum Gasteiger partial charge on any atom is 0.321 e. The second-order valence-corrected chi connectivity index (χ2v) is 6.08. The summed E-state index contributed by atoms with van der Waals surface area (Å²) in [5, 5.41) is 4.99. The minimum absolute atomic E-state index is 0.255. The van der Waals surface area contributed by atoms with Crippen LogP contribution < -0.4 is 15.4 Å². The largest absolute Gasteiger partial charge is 0.492 e. The number of piperazine rings is 1. The van der Waals surface area contributed by atoms with Crippen LogP contribution in [0, 0.1) is 0 Å². The van der Waals surface area contributed by atoms with Crippen LogP contribution in [0.25, 0.3) is 0 Å². The third-order valence-corrected chi connectivity index (χ3v) is 4.04. The molecule has 0 spiro atoms. The van der Waals surface area contributed by atoms with Crippen LogP contribution in [-0.4, -0.2) is 74.2 Å². The number of hydrogen-bond donors (Lipinski definition) is 2. The summed E-state index contributed by atoms with van der Waals surface area (Å²) in [7, 11) is 0. The number of benzene rings is 1. The Morgan fingerprint density at radius 1 is 1.08 bits per heavy atom. The van der Waals surface area contributed by atoms with E-state index in [0.717, 1.165) is 44.9 Å². The van der Waals surface area contributed by atoms with Gasteiger partial charge >= 0.3 is 6.03 Å². The first-order valence-electron chi connectivity index (χ1n) is 8.87. The first-order valence-corrected chi connectivity index (χ1v) is 8.87. The van der Waals surface area contributed by atoms with E-state index in [2.05, 4.69) is 20.4 Å². The quantitative estimate of drug-likeness (QED) is 0.731. The highest BCUT2D eigenvalue weighted by Gasteiger charge is 2.19. The molecule has 0 aliphatic carbocycles. The molecule has 3 amide bonds. The molecule has 1 saturated heterocycles. The molecule has 1 aromatic carbocycles. The van der Waals surface area contributed by atoms with Crippen molar-refractivity contribution in [1.29, 1.82) is 0 Å². The molecule has 0 bridgehead atoms. The highest BCUT2D eigenvalue weighted by molar-refractivity contribution is 5.95. The lowest BCUT2D eigenvalue weighted by Crippen LogP contribution is -2.51. The Morgan fingerprint density at radius 3 is 2.44 bits per heavy atom. The fraction of sp³-hybridized carbons (Fsp3) is 0.556. The lowest BCUT2D eigenvalue weighted by atomic mass is 10.3. The topological polar surface area (TPSA) is 73.9 Å². The third-order valence-electron chi connectivity index (χ3n) is 4.04. The lowest BCUT2D eigenvalue weighted by Gasteiger charge is -2.34. The smallest absolute Gasteiger partial charge is 0.321 e. The highest BCUT2D eigenvalue weighted by Crippen LogP contribution is 2.08. The van der Waals surface area contributed by atoms with Gasteiger partial charge in [0.2, 0.25) is 5.91 Å². The number of nitrogens with one attached hydrogen (secondary N) is 2. The predicted molar refractivity (Wildman–Crippen MR) is 96.6 cm³/mol. The van der Waals surface area contributed by atoms with E-state index in [4.69, 9.17) is 4.74 Å². The number of nitrogens with zero attached hydrogens (tertiary/aromatic N) is 2. The summed E-state index contributed by atoms with van der Waals surface area (Å²) in [6, 6.07) is 9.38. The van der Waals surface area contributed by atoms with E-state index in [-0.39, 0.29) is 12.5 Å². The van der Waals surface area contributed by atoms with E-state index >= 15 is 0 Å². The number of para-hydroxylation sites is 1. The van der Waals surface area contributed by atoms with Gasteiger partial charge in [-0.1, -0.05) is 25.1 Å². The molecule has 7 heteroatoms. The van der Waals surface area contributed by atoms with Crippen LogP contribution in [0.2, 0.25) is 0 Å². The molecule has 1 fully saturated rings. The summed E-state index contributed by atoms with van der Waals surface area (Å²) >= 11 is 0. The zero-order valence-electron chi connectivity index (χ0n) is 14.9. The summed E-state index contributed by atoms with van der Waals surface area (Å²) in [6.07, 6.45) is 0.845. The van der Waals surface area contributed by atoms with Gasteiger partial charge in [0.1, 0.15) is 12.4 Å². The molecule has 0 atom stereocenters. The molecule has 0 radical (unpaired) electrons. The fourth-order valence-electron chi connectivity index (χ4n) is 2.63. The number of amides is 3. The van der Waals surface area contributed by atoms with Crippen molar-refractivity contribution in [2.75, 3.05) is 52.4 Å². The molecule has 7 nitrogen and oxygen atoms in total. The molecule has 1 heterocycles. The molecule has 2 rings (SSSR count). The van der Waals surface area contributed by atoms with Gasteiger partial charge in [0.05, 0.1) is 6.54 Å². The number of rotatable bonds is 8. The number of ether oxygens (including phenoxy) is 1. The van der Waals surface area contributed by atoms with Crippen LogP contribution in [0.15, 0.2) is 30.3 Å². The van der Waals surface area contributed by atoms with E-state index in [9.17, 15) is 9.59 Å². The average molecular weight is 348 g/mol. The number of hydrogen-bond acceptors (Lipinski definition) is 5. The van der Waals surface area contributed by atoms with Crippen LogP contribution in [0.3, 0.4) is 0 Å². The van der Waals surface area contributed by atoms with Gasteiger partial charge in [-0.2, -0.15) is 0 Å². The second-order valence-electron chi connectivity index (χ2n) is 6.08. The molecule has 2 N–H and O–H groups in total. The molecule has 25 heavy (non-hydrogen) atoms. The van der Waals surface area contributed by atoms with Crippen molar-refractivity contribution in [3.05, 3.63) is 30.3 Å². The van der Waals surface area contributed by atoms with Gasteiger partial charge in [-0.15, -0.1) is 0 Å². The standard InChI is InChI=1S/C18H28N4O3/c1-2-8-19-18(24)20-17(23)15-22-11-9-21(10-12-22)13-14-25-16-6-4-3-5-7-16/h3-7H,2,8-15H2,1H3,(H2,19,20,23,24). The van der Waals surface area contributed by atoms with Crippen molar-refractivity contribution >= 4 is 11.9 Å². The van der Waals surface area contributed by atoms with Gasteiger partial charge in [-0.05, 0) is 18.6 Å². The van der Waals surface area contributed by atoms with E-state index in [1.165, 1.54) is 0 Å². The maximum absolute atomic E-state index is 11.8. The molecular formula is C18H28N4O3. The number of imide groups is 1. The summed E-state index contributed by atoms with van der Waals surface area (Å²) in [5.41, 5.74) is 0. The Bertz CT molecular complexity index is 530. The Balaban J connectivity index is 1.58. The van der Waals surface area contributed by atoms with Crippen LogP contribution in [0.1, 0.15) is 13.3 Å². The fourth-order valence-corrected chi connectivity index (χ4v) is 2.63. The summed E-state index contributed by atoms with van der Waals surface area (Å²) in [6.45, 7) is 7.74. The van der Waals surface area contributed by atoms with E-state index in [0.29, 0.717) is 13.2 Å². The molecule has 1 aliphatic heterocycles. The Hall–Kier alpha value is -2.12. The third kappa shape index (κ3) is 7.53. The molecule has 0 aromatic heterocycles. The van der Waals surface area contributed by atoms with Gasteiger partial charge in [0, 0.05) is 39.3 Å². The minimum atomic E-state index is -0.413. The Labute approximate surface area is 149 Å². The predicted octanol–water partition coefficient (Wildman–Crippen LogP) is 0.919. The average Bonchev–Trinajstić information content (AvgIpc) is 2.62. The van der Waals surface area contributed by atoms with Gasteiger partial charge in [0.25, 0.3) is 0 Å². The van der Waals surface area contributed by atoms with Crippen LogP contribution >= 0.6 is 0 Å². The zero-order valence-corrected chi connectivity index (χ0v) is 14.9. The van der Waals surface area contributed by atoms with E-state index in [1.54, 1.807) is 0 Å². The molecule has 1 aromatic rings. The lowest BCUT2D eigenvalue weighted by molar-refractivity contribution is -0.121. The molecule has 138 valence electrons. The van der Waals surface area contributed by atoms with Gasteiger partial charge in [0.15, 0.2) is 0 Å². The van der Waals surface area contributed by atoms with Crippen molar-refractivity contribution in [3.8, 4) is 5.75 Å². The Morgan fingerprint density at radius 2 is 1.76 bits per heavy atom. The van der Waals surface area contributed by atoms with Gasteiger partial charge in [-0.25, -0.2) is 4.79 Å². The van der Waals surface area contributed by atoms with Crippen molar-refractivity contribution < 1.29 is 14.3 Å². The van der Waals surface area contributed by atoms with E-state index < -0.39 is 6.03 Å². The summed E-state index contributed by atoms with van der Waals surface area (Å²) in [4.78, 5) is 27.7. The number of carbonyl (C=O) groups excluding carboxylic acids is 2. The molecular weight excluding hydrogens is 320 g/mol. The van der Waals surface area contributed by atoms with Gasteiger partial charge in [-0.3, -0.25) is 19.9 Å². The normalized spacial score (nSPS) is 15.6. The first-order chi connectivity index (χ1) is 12.2. The van der Waals surface area contributed by atoms with Crippen molar-refractivity contribution in [1.82, 2.24) is 20.4 Å². The summed E-state index contributed by atoms with van der Waals surface area (Å²) < 4.78 is 5.71. The monoisotopic (exact) mass is 348 g/mol. The molecule has 0 unspecified atom stereocenters. The maximum atomic E-state index is 11.8. The highest BCUT2D eigenvalue weighted by atomic mass is 16.5. The van der Waals surface area contributed by atoms with Crippen molar-refractivity contribution in [3.63, 3.8) is 0 Å². The summed E-state index contributed by atoms with van der Waals surface area (Å²) in [5.74, 6) is 0.633. The second kappa shape index (κ2) is 10.7.